The third kappa shape index (κ3) is 2.91. The first-order valence-electron chi connectivity index (χ1n) is 4.76. The number of hydrogen-bond acceptors (Lipinski definition) is 2. The highest BCUT2D eigenvalue weighted by atomic mass is 79.9. The summed E-state index contributed by atoms with van der Waals surface area (Å²) in [5.74, 6) is 1.82. The van der Waals surface area contributed by atoms with E-state index in [1.165, 1.54) is 0 Å². The van der Waals surface area contributed by atoms with Crippen molar-refractivity contribution in [3.63, 3.8) is 0 Å². The molecule has 0 unspecified atom stereocenters. The van der Waals surface area contributed by atoms with E-state index in [4.69, 9.17) is 9.47 Å². The fraction of sp³-hybridized carbons (Fsp3) is 0.455. The maximum Gasteiger partial charge on any atom is 0.123 e. The molecule has 0 amide bonds. The summed E-state index contributed by atoms with van der Waals surface area (Å²) in [7, 11) is 0. The molecule has 0 spiro atoms. The molecule has 1 aromatic rings. The minimum absolute atomic E-state index is 0.688. The van der Waals surface area contributed by atoms with Crippen molar-refractivity contribution in [2.45, 2.75) is 19.2 Å². The van der Waals surface area contributed by atoms with Crippen molar-refractivity contribution in [1.29, 1.82) is 0 Å². The van der Waals surface area contributed by atoms with Crippen molar-refractivity contribution >= 4 is 15.9 Å². The van der Waals surface area contributed by atoms with E-state index >= 15 is 0 Å². The van der Waals surface area contributed by atoms with E-state index in [0.29, 0.717) is 13.2 Å². The van der Waals surface area contributed by atoms with Crippen LogP contribution < -0.4 is 9.47 Å². The highest BCUT2D eigenvalue weighted by molar-refractivity contribution is 9.08. The normalized spacial score (nSPS) is 9.93. The maximum absolute atomic E-state index is 5.48. The van der Waals surface area contributed by atoms with E-state index in [1.807, 2.05) is 32.0 Å². The predicted molar refractivity (Wildman–Crippen MR) is 61.4 cm³/mol. The van der Waals surface area contributed by atoms with Gasteiger partial charge in [-0.05, 0) is 32.0 Å². The average molecular weight is 259 g/mol. The molecule has 0 aliphatic carbocycles. The van der Waals surface area contributed by atoms with Crippen LogP contribution in [0.2, 0.25) is 0 Å². The number of hydrogen-bond donors (Lipinski definition) is 0. The van der Waals surface area contributed by atoms with Gasteiger partial charge in [0.2, 0.25) is 0 Å². The first-order chi connectivity index (χ1) is 6.81. The van der Waals surface area contributed by atoms with Gasteiger partial charge in [0, 0.05) is 10.9 Å². The summed E-state index contributed by atoms with van der Waals surface area (Å²) in [5, 5.41) is 0.781. The Balaban J connectivity index is 2.87. The molecule has 0 N–H and O–H groups in total. The van der Waals surface area contributed by atoms with Gasteiger partial charge in [0.05, 0.1) is 13.2 Å². The Kier molecular flexibility index (Phi) is 4.80. The van der Waals surface area contributed by atoms with Crippen LogP contribution in [0.3, 0.4) is 0 Å². The van der Waals surface area contributed by atoms with Crippen LogP contribution >= 0.6 is 15.9 Å². The van der Waals surface area contributed by atoms with E-state index in [1.54, 1.807) is 0 Å². The van der Waals surface area contributed by atoms with Crippen LogP contribution in [0.25, 0.3) is 0 Å². The van der Waals surface area contributed by atoms with Crippen molar-refractivity contribution < 1.29 is 9.47 Å². The zero-order valence-electron chi connectivity index (χ0n) is 8.55. The molecule has 14 heavy (non-hydrogen) atoms. The Morgan fingerprint density at radius 1 is 1.14 bits per heavy atom. The van der Waals surface area contributed by atoms with Crippen LogP contribution in [0.5, 0.6) is 11.5 Å². The minimum atomic E-state index is 0.688. The predicted octanol–water partition coefficient (Wildman–Crippen LogP) is 3.38. The fourth-order valence-corrected chi connectivity index (χ4v) is 1.65. The van der Waals surface area contributed by atoms with Gasteiger partial charge < -0.3 is 9.47 Å². The molecule has 1 rings (SSSR count). The molecule has 0 fully saturated rings. The molecule has 3 heteroatoms. The van der Waals surface area contributed by atoms with Crippen LogP contribution in [0, 0.1) is 0 Å². The summed E-state index contributed by atoms with van der Waals surface area (Å²) in [6, 6.07) is 5.88. The summed E-state index contributed by atoms with van der Waals surface area (Å²) < 4.78 is 10.9. The summed E-state index contributed by atoms with van der Waals surface area (Å²) in [6.07, 6.45) is 0. The second-order valence-corrected chi connectivity index (χ2v) is 3.33. The Hall–Kier alpha value is -0.700. The van der Waals surface area contributed by atoms with E-state index in [2.05, 4.69) is 15.9 Å². The van der Waals surface area contributed by atoms with Crippen LogP contribution in [0.4, 0.5) is 0 Å². The number of halogens is 1. The second kappa shape index (κ2) is 5.91. The van der Waals surface area contributed by atoms with Gasteiger partial charge in [-0.25, -0.2) is 0 Å². The minimum Gasteiger partial charge on any atom is -0.494 e. The molecule has 0 aliphatic rings. The second-order valence-electron chi connectivity index (χ2n) is 2.77. The highest BCUT2D eigenvalue weighted by Gasteiger charge is 2.03. The van der Waals surface area contributed by atoms with Gasteiger partial charge in [-0.2, -0.15) is 0 Å². The van der Waals surface area contributed by atoms with E-state index < -0.39 is 0 Å². The van der Waals surface area contributed by atoms with Crippen molar-refractivity contribution in [3.05, 3.63) is 23.8 Å². The molecule has 0 radical (unpaired) electrons. The average Bonchev–Trinajstić information content (AvgIpc) is 2.21. The summed E-state index contributed by atoms with van der Waals surface area (Å²) >= 11 is 3.43. The quantitative estimate of drug-likeness (QED) is 0.755. The summed E-state index contributed by atoms with van der Waals surface area (Å²) in [5.41, 5.74) is 1.12. The van der Waals surface area contributed by atoms with E-state index in [-0.39, 0.29) is 0 Å². The van der Waals surface area contributed by atoms with Gasteiger partial charge >= 0.3 is 0 Å². The molecular weight excluding hydrogens is 244 g/mol. The number of alkyl halides is 1. The molecule has 0 aliphatic heterocycles. The van der Waals surface area contributed by atoms with Gasteiger partial charge in [-0.15, -0.1) is 0 Å². The standard InChI is InChI=1S/C11H15BrO2/c1-3-13-10-5-6-11(14-4-2)9(7-10)8-12/h5-7H,3-4,8H2,1-2H3. The topological polar surface area (TPSA) is 18.5 Å². The molecule has 0 saturated heterocycles. The van der Waals surface area contributed by atoms with Gasteiger partial charge in [-0.1, -0.05) is 15.9 Å². The van der Waals surface area contributed by atoms with E-state index in [0.717, 1.165) is 22.4 Å². The fourth-order valence-electron chi connectivity index (χ4n) is 1.21. The molecule has 2 nitrogen and oxygen atoms in total. The lowest BCUT2D eigenvalue weighted by atomic mass is 10.2. The molecule has 0 heterocycles. The van der Waals surface area contributed by atoms with Crippen molar-refractivity contribution in [2.24, 2.45) is 0 Å². The third-order valence-corrected chi connectivity index (χ3v) is 2.39. The van der Waals surface area contributed by atoms with Crippen LogP contribution in [0.15, 0.2) is 18.2 Å². The summed E-state index contributed by atoms with van der Waals surface area (Å²) in [4.78, 5) is 0. The smallest absolute Gasteiger partial charge is 0.123 e. The maximum atomic E-state index is 5.48. The molecular formula is C11H15BrO2. The zero-order chi connectivity index (χ0) is 10.4. The lowest BCUT2D eigenvalue weighted by Crippen LogP contribution is -1.97. The molecule has 0 atom stereocenters. The number of benzene rings is 1. The van der Waals surface area contributed by atoms with Crippen molar-refractivity contribution in [1.82, 2.24) is 0 Å². The van der Waals surface area contributed by atoms with Gasteiger partial charge in [0.15, 0.2) is 0 Å². The van der Waals surface area contributed by atoms with Crippen molar-refractivity contribution in [2.75, 3.05) is 13.2 Å². The van der Waals surface area contributed by atoms with Crippen molar-refractivity contribution in [3.8, 4) is 11.5 Å². The molecule has 0 aromatic heterocycles. The molecule has 0 saturated carbocycles. The Labute approximate surface area is 93.4 Å². The van der Waals surface area contributed by atoms with Crippen LogP contribution in [-0.4, -0.2) is 13.2 Å². The Morgan fingerprint density at radius 3 is 2.43 bits per heavy atom. The van der Waals surface area contributed by atoms with Crippen LogP contribution in [0.1, 0.15) is 19.4 Å². The first kappa shape index (κ1) is 11.4. The number of ether oxygens (including phenoxy) is 2. The molecule has 0 bridgehead atoms. The monoisotopic (exact) mass is 258 g/mol. The Bertz CT molecular complexity index is 287. The Morgan fingerprint density at radius 2 is 1.86 bits per heavy atom. The lowest BCUT2D eigenvalue weighted by molar-refractivity contribution is 0.328. The van der Waals surface area contributed by atoms with Gasteiger partial charge in [0.1, 0.15) is 11.5 Å². The number of rotatable bonds is 5. The van der Waals surface area contributed by atoms with Gasteiger partial charge in [-0.3, -0.25) is 0 Å². The summed E-state index contributed by atoms with van der Waals surface area (Å²) in [6.45, 7) is 5.34. The largest absolute Gasteiger partial charge is 0.494 e. The lowest BCUT2D eigenvalue weighted by Gasteiger charge is -2.10. The highest BCUT2D eigenvalue weighted by Crippen LogP contribution is 2.26. The first-order valence-corrected chi connectivity index (χ1v) is 5.88. The zero-order valence-corrected chi connectivity index (χ0v) is 10.1. The molecule has 1 aromatic carbocycles. The van der Waals surface area contributed by atoms with Crippen LogP contribution in [-0.2, 0) is 5.33 Å². The van der Waals surface area contributed by atoms with Gasteiger partial charge in [0.25, 0.3) is 0 Å². The third-order valence-electron chi connectivity index (χ3n) is 1.79. The SMILES string of the molecule is CCOc1ccc(OCC)c(CBr)c1. The molecule has 78 valence electrons. The van der Waals surface area contributed by atoms with E-state index in [9.17, 15) is 0 Å².